The van der Waals surface area contributed by atoms with E-state index in [2.05, 4.69) is 147 Å². The van der Waals surface area contributed by atoms with Crippen LogP contribution >= 0.6 is 0 Å². The Balaban J connectivity index is 1.32. The number of hydrogen-bond acceptors (Lipinski definition) is 1. The Labute approximate surface area is 265 Å². The van der Waals surface area contributed by atoms with Crippen LogP contribution in [0.3, 0.4) is 0 Å². The number of hydrogen-bond donors (Lipinski definition) is 0. The van der Waals surface area contributed by atoms with Crippen LogP contribution in [0.25, 0.3) is 55.0 Å². The van der Waals surface area contributed by atoms with Gasteiger partial charge in [-0.1, -0.05) is 91.0 Å². The summed E-state index contributed by atoms with van der Waals surface area (Å²) in [7, 11) is 0. The molecule has 0 N–H and O–H groups in total. The number of halogens is 1. The third-order valence-electron chi connectivity index (χ3n) is 8.93. The number of aromatic nitrogens is 2. The van der Waals surface area contributed by atoms with Gasteiger partial charge in [0.2, 0.25) is 0 Å². The number of para-hydroxylation sites is 4. The second-order valence-corrected chi connectivity index (χ2v) is 11.6. The van der Waals surface area contributed by atoms with Gasteiger partial charge in [-0.25, -0.2) is 4.39 Å². The minimum absolute atomic E-state index is 0.257. The van der Waals surface area contributed by atoms with Crippen LogP contribution in [-0.2, 0) is 0 Å². The van der Waals surface area contributed by atoms with Crippen LogP contribution in [-0.4, -0.2) is 9.13 Å². The zero-order valence-corrected chi connectivity index (χ0v) is 24.9. The number of benzene rings is 7. The van der Waals surface area contributed by atoms with E-state index < -0.39 is 0 Å². The van der Waals surface area contributed by atoms with E-state index in [0.717, 1.165) is 55.8 Å². The van der Waals surface area contributed by atoms with E-state index in [4.69, 9.17) is 0 Å². The average molecular weight is 594 g/mol. The molecular formula is C42H28FN3. The highest BCUT2D eigenvalue weighted by atomic mass is 19.1. The van der Waals surface area contributed by atoms with Crippen LogP contribution in [0, 0.1) is 5.82 Å². The first kappa shape index (κ1) is 26.3. The Morgan fingerprint density at radius 2 is 0.826 bits per heavy atom. The molecule has 7 aromatic carbocycles. The number of nitrogens with zero attached hydrogens (tertiary/aromatic N) is 3. The van der Waals surface area contributed by atoms with Gasteiger partial charge in [-0.2, -0.15) is 0 Å². The van der Waals surface area contributed by atoms with Crippen LogP contribution < -0.4 is 4.90 Å². The van der Waals surface area contributed by atoms with Crippen molar-refractivity contribution in [3.63, 3.8) is 0 Å². The second-order valence-electron chi connectivity index (χ2n) is 11.6. The molecule has 0 atom stereocenters. The van der Waals surface area contributed by atoms with Gasteiger partial charge in [0, 0.05) is 50.0 Å². The second kappa shape index (κ2) is 10.5. The fourth-order valence-electron chi connectivity index (χ4n) is 6.97. The van der Waals surface area contributed by atoms with Crippen LogP contribution in [0.15, 0.2) is 170 Å². The molecule has 0 amide bonds. The topological polar surface area (TPSA) is 13.1 Å². The molecule has 0 aliphatic rings. The SMILES string of the molecule is Fc1cccc(-n2c3ccccc3c3ccc(N(c4ccccc4)c4ccc5c6ccccc6n(-c6ccccc6)c5c4)cc32)c1. The zero-order chi connectivity index (χ0) is 30.6. The van der Waals surface area contributed by atoms with Crippen molar-refractivity contribution in [3.8, 4) is 11.4 Å². The van der Waals surface area contributed by atoms with Crippen molar-refractivity contribution in [2.75, 3.05) is 4.90 Å². The van der Waals surface area contributed by atoms with Crippen LogP contribution in [0.2, 0.25) is 0 Å². The van der Waals surface area contributed by atoms with Gasteiger partial charge in [-0.05, 0) is 78.9 Å². The molecular weight excluding hydrogens is 565 g/mol. The van der Waals surface area contributed by atoms with Crippen molar-refractivity contribution in [2.24, 2.45) is 0 Å². The maximum Gasteiger partial charge on any atom is 0.125 e. The molecule has 9 aromatic rings. The average Bonchev–Trinajstić information content (AvgIpc) is 3.61. The summed E-state index contributed by atoms with van der Waals surface area (Å²) in [6.45, 7) is 0. The third kappa shape index (κ3) is 4.11. The summed E-state index contributed by atoms with van der Waals surface area (Å²) in [5.74, 6) is -0.257. The lowest BCUT2D eigenvalue weighted by molar-refractivity contribution is 0.627. The first-order valence-corrected chi connectivity index (χ1v) is 15.5. The van der Waals surface area contributed by atoms with E-state index >= 15 is 0 Å². The Kier molecular flexibility index (Phi) is 6.00. The third-order valence-corrected chi connectivity index (χ3v) is 8.93. The summed E-state index contributed by atoms with van der Waals surface area (Å²) in [5.41, 5.74) is 9.41. The van der Waals surface area contributed by atoms with Crippen LogP contribution in [0.5, 0.6) is 0 Å². The predicted octanol–water partition coefficient (Wildman–Crippen LogP) is 11.5. The molecule has 2 heterocycles. The number of rotatable bonds is 5. The molecule has 3 nitrogen and oxygen atoms in total. The van der Waals surface area contributed by atoms with Crippen molar-refractivity contribution >= 4 is 60.7 Å². The highest BCUT2D eigenvalue weighted by Gasteiger charge is 2.19. The van der Waals surface area contributed by atoms with Crippen molar-refractivity contribution in [2.45, 2.75) is 0 Å². The summed E-state index contributed by atoms with van der Waals surface area (Å²) in [4.78, 5) is 2.31. The lowest BCUT2D eigenvalue weighted by atomic mass is 10.1. The van der Waals surface area contributed by atoms with Gasteiger partial charge in [0.25, 0.3) is 0 Å². The molecule has 0 spiro atoms. The van der Waals surface area contributed by atoms with Crippen molar-refractivity contribution in [1.29, 1.82) is 0 Å². The summed E-state index contributed by atoms with van der Waals surface area (Å²) >= 11 is 0. The van der Waals surface area contributed by atoms with Gasteiger partial charge in [-0.15, -0.1) is 0 Å². The fraction of sp³-hybridized carbons (Fsp3) is 0. The predicted molar refractivity (Wildman–Crippen MR) is 190 cm³/mol. The van der Waals surface area contributed by atoms with Crippen LogP contribution in [0.4, 0.5) is 21.5 Å². The molecule has 2 aromatic heterocycles. The van der Waals surface area contributed by atoms with Gasteiger partial charge in [0.15, 0.2) is 0 Å². The van der Waals surface area contributed by atoms with Crippen molar-refractivity contribution in [1.82, 2.24) is 9.13 Å². The monoisotopic (exact) mass is 593 g/mol. The minimum Gasteiger partial charge on any atom is -0.310 e. The van der Waals surface area contributed by atoms with E-state index in [-0.39, 0.29) is 5.82 Å². The molecule has 0 radical (unpaired) electrons. The maximum atomic E-state index is 14.5. The van der Waals surface area contributed by atoms with E-state index in [9.17, 15) is 4.39 Å². The van der Waals surface area contributed by atoms with Crippen molar-refractivity contribution in [3.05, 3.63) is 176 Å². The van der Waals surface area contributed by atoms with Gasteiger partial charge in [-0.3, -0.25) is 0 Å². The summed E-state index contributed by atoms with van der Waals surface area (Å²) in [6.07, 6.45) is 0. The molecule has 0 saturated heterocycles. The molecule has 0 saturated carbocycles. The number of fused-ring (bicyclic) bond motifs is 6. The van der Waals surface area contributed by atoms with E-state index in [1.807, 2.05) is 18.2 Å². The molecule has 4 heteroatoms. The smallest absolute Gasteiger partial charge is 0.125 e. The minimum atomic E-state index is -0.257. The summed E-state index contributed by atoms with van der Waals surface area (Å²) in [5, 5.41) is 4.68. The summed E-state index contributed by atoms with van der Waals surface area (Å²) < 4.78 is 19.1. The van der Waals surface area contributed by atoms with E-state index in [1.54, 1.807) is 12.1 Å². The zero-order valence-electron chi connectivity index (χ0n) is 24.9. The largest absolute Gasteiger partial charge is 0.310 e. The summed E-state index contributed by atoms with van der Waals surface area (Å²) in [6, 6.07) is 58.1. The molecule has 218 valence electrons. The van der Waals surface area contributed by atoms with Gasteiger partial charge in [0.1, 0.15) is 5.82 Å². The van der Waals surface area contributed by atoms with Gasteiger partial charge in [0.05, 0.1) is 22.1 Å². The van der Waals surface area contributed by atoms with Crippen molar-refractivity contribution < 1.29 is 4.39 Å². The Bertz CT molecular complexity index is 2540. The lowest BCUT2D eigenvalue weighted by Crippen LogP contribution is -2.10. The van der Waals surface area contributed by atoms with E-state index in [1.165, 1.54) is 22.4 Å². The normalized spacial score (nSPS) is 11.6. The Morgan fingerprint density at radius 1 is 0.348 bits per heavy atom. The highest BCUT2D eigenvalue weighted by Crippen LogP contribution is 2.42. The molecule has 0 unspecified atom stereocenters. The molecule has 0 fully saturated rings. The molecule has 0 aliphatic carbocycles. The van der Waals surface area contributed by atoms with Crippen LogP contribution in [0.1, 0.15) is 0 Å². The molecule has 0 bridgehead atoms. The maximum absolute atomic E-state index is 14.5. The van der Waals surface area contributed by atoms with Gasteiger partial charge < -0.3 is 14.0 Å². The highest BCUT2D eigenvalue weighted by molar-refractivity contribution is 6.12. The lowest BCUT2D eigenvalue weighted by Gasteiger charge is -2.26. The molecule has 46 heavy (non-hydrogen) atoms. The Morgan fingerprint density at radius 3 is 1.41 bits per heavy atom. The first-order chi connectivity index (χ1) is 22.7. The fourth-order valence-corrected chi connectivity index (χ4v) is 6.97. The molecule has 9 rings (SSSR count). The van der Waals surface area contributed by atoms with E-state index in [0.29, 0.717) is 0 Å². The quantitative estimate of drug-likeness (QED) is 0.193. The molecule has 0 aliphatic heterocycles. The standard InChI is InChI=1S/C42H28FN3/c43-29-12-11-17-32(26-29)46-40-21-10-8-19-36(40)38-25-23-34(28-42(38)46)44(30-13-3-1-4-14-30)33-22-24-37-35-18-7-9-20-39(35)45(41(37)27-33)31-15-5-2-6-16-31/h1-28H. The first-order valence-electron chi connectivity index (χ1n) is 15.5. The number of anilines is 3. The Hall–Kier alpha value is -6.13. The van der Waals surface area contributed by atoms with Gasteiger partial charge >= 0.3 is 0 Å².